The largest absolute Gasteiger partial charge is 0.321 e. The van der Waals surface area contributed by atoms with Gasteiger partial charge in [-0.25, -0.2) is 18.7 Å². The quantitative estimate of drug-likeness (QED) is 0.537. The SMILES string of the molecule is Cc1nc(-c2ccc(F)cc2)sc1C(=O)Nc1ccc(-n2ccnc2)c(F)c1. The number of aromatic nitrogens is 3. The number of hydrogen-bond acceptors (Lipinski definition) is 4. The zero-order valence-electron chi connectivity index (χ0n) is 14.7. The van der Waals surface area contributed by atoms with Crippen molar-refractivity contribution in [2.24, 2.45) is 0 Å². The lowest BCUT2D eigenvalue weighted by molar-refractivity contribution is 0.103. The lowest BCUT2D eigenvalue weighted by atomic mass is 10.2. The number of imidazole rings is 1. The van der Waals surface area contributed by atoms with E-state index in [9.17, 15) is 13.6 Å². The Kier molecular flexibility index (Phi) is 4.70. The number of nitrogens with zero attached hydrogens (tertiary/aromatic N) is 3. The second-order valence-electron chi connectivity index (χ2n) is 6.03. The van der Waals surface area contributed by atoms with Gasteiger partial charge in [-0.2, -0.15) is 0 Å². The van der Waals surface area contributed by atoms with Crippen LogP contribution in [0.1, 0.15) is 15.4 Å². The summed E-state index contributed by atoms with van der Waals surface area (Å²) in [5.41, 5.74) is 1.95. The van der Waals surface area contributed by atoms with Crippen LogP contribution in [0.25, 0.3) is 16.3 Å². The topological polar surface area (TPSA) is 59.8 Å². The minimum Gasteiger partial charge on any atom is -0.321 e. The predicted octanol–water partition coefficient (Wildman–Crippen LogP) is 4.83. The molecule has 140 valence electrons. The van der Waals surface area contributed by atoms with E-state index >= 15 is 0 Å². The molecule has 0 aliphatic carbocycles. The van der Waals surface area contributed by atoms with Crippen molar-refractivity contribution in [3.8, 4) is 16.3 Å². The number of nitrogens with one attached hydrogen (secondary N) is 1. The van der Waals surface area contributed by atoms with Crippen molar-refractivity contribution in [2.45, 2.75) is 6.92 Å². The molecular weight excluding hydrogens is 382 g/mol. The summed E-state index contributed by atoms with van der Waals surface area (Å²) in [6.45, 7) is 1.72. The Morgan fingerprint density at radius 1 is 1.14 bits per heavy atom. The van der Waals surface area contributed by atoms with Gasteiger partial charge in [0.1, 0.15) is 21.5 Å². The molecule has 4 rings (SSSR count). The van der Waals surface area contributed by atoms with Crippen molar-refractivity contribution in [1.82, 2.24) is 14.5 Å². The molecule has 2 aromatic carbocycles. The first-order valence-electron chi connectivity index (χ1n) is 8.34. The minimum atomic E-state index is -0.483. The average Bonchev–Trinajstić information content (AvgIpc) is 3.32. The van der Waals surface area contributed by atoms with Crippen LogP contribution in [0.2, 0.25) is 0 Å². The molecule has 2 heterocycles. The molecule has 1 N–H and O–H groups in total. The Morgan fingerprint density at radius 3 is 2.61 bits per heavy atom. The number of carbonyl (C=O) groups is 1. The first-order chi connectivity index (χ1) is 13.5. The number of aryl methyl sites for hydroxylation is 1. The Morgan fingerprint density at radius 2 is 1.93 bits per heavy atom. The van der Waals surface area contributed by atoms with Gasteiger partial charge in [-0.15, -0.1) is 11.3 Å². The second kappa shape index (κ2) is 7.32. The maximum atomic E-state index is 14.4. The molecule has 0 spiro atoms. The fraction of sp³-hybridized carbons (Fsp3) is 0.0500. The van der Waals surface area contributed by atoms with Crippen molar-refractivity contribution in [2.75, 3.05) is 5.32 Å². The molecule has 1 amide bonds. The van der Waals surface area contributed by atoms with Crippen molar-refractivity contribution in [1.29, 1.82) is 0 Å². The molecular formula is C20H14F2N4OS. The number of hydrogen-bond donors (Lipinski definition) is 1. The highest BCUT2D eigenvalue weighted by Crippen LogP contribution is 2.29. The summed E-state index contributed by atoms with van der Waals surface area (Å²) < 4.78 is 29.0. The van der Waals surface area contributed by atoms with Gasteiger partial charge in [0, 0.05) is 23.6 Å². The Labute approximate surface area is 163 Å². The lowest BCUT2D eigenvalue weighted by Crippen LogP contribution is -2.12. The number of benzene rings is 2. The number of anilines is 1. The zero-order chi connectivity index (χ0) is 19.7. The van der Waals surface area contributed by atoms with Crippen LogP contribution in [0.3, 0.4) is 0 Å². The monoisotopic (exact) mass is 396 g/mol. The first kappa shape index (κ1) is 18.0. The molecule has 4 aromatic rings. The average molecular weight is 396 g/mol. The summed E-state index contributed by atoms with van der Waals surface area (Å²) in [5, 5.41) is 3.31. The molecule has 5 nitrogen and oxygen atoms in total. The summed E-state index contributed by atoms with van der Waals surface area (Å²) in [6.07, 6.45) is 4.68. The normalized spacial score (nSPS) is 10.8. The molecule has 0 saturated carbocycles. The molecule has 28 heavy (non-hydrogen) atoms. The van der Waals surface area contributed by atoms with Crippen molar-refractivity contribution < 1.29 is 13.6 Å². The van der Waals surface area contributed by atoms with Gasteiger partial charge in [-0.1, -0.05) is 0 Å². The fourth-order valence-electron chi connectivity index (χ4n) is 2.71. The van der Waals surface area contributed by atoms with Gasteiger partial charge in [-0.05, 0) is 49.4 Å². The molecule has 0 aliphatic heterocycles. The maximum absolute atomic E-state index is 14.4. The van der Waals surface area contributed by atoms with Gasteiger partial charge in [0.2, 0.25) is 0 Å². The molecule has 0 aliphatic rings. The first-order valence-corrected chi connectivity index (χ1v) is 9.15. The number of amides is 1. The van der Waals surface area contributed by atoms with E-state index in [1.807, 2.05) is 0 Å². The van der Waals surface area contributed by atoms with Crippen molar-refractivity contribution in [3.05, 3.63) is 83.4 Å². The highest BCUT2D eigenvalue weighted by atomic mass is 32.1. The summed E-state index contributed by atoms with van der Waals surface area (Å²) in [7, 11) is 0. The van der Waals surface area contributed by atoms with Crippen LogP contribution in [-0.4, -0.2) is 20.4 Å². The van der Waals surface area contributed by atoms with Gasteiger partial charge in [0.25, 0.3) is 5.91 Å². The number of thiazole rings is 1. The maximum Gasteiger partial charge on any atom is 0.267 e. The Hall–Kier alpha value is -3.39. The number of halogens is 2. The van der Waals surface area contributed by atoms with Gasteiger partial charge in [0.15, 0.2) is 0 Å². The third kappa shape index (κ3) is 3.54. The van der Waals surface area contributed by atoms with Gasteiger partial charge in [0.05, 0.1) is 17.7 Å². The standard InChI is InChI=1S/C20H14F2N4OS/c1-12-18(28-20(24-12)13-2-4-14(21)5-3-13)19(27)25-15-6-7-17(16(22)10-15)26-9-8-23-11-26/h2-11H,1H3,(H,25,27). The minimum absolute atomic E-state index is 0.336. The lowest BCUT2D eigenvalue weighted by Gasteiger charge is -2.08. The van der Waals surface area contributed by atoms with Crippen LogP contribution in [0.4, 0.5) is 14.5 Å². The third-order valence-corrected chi connectivity index (χ3v) is 5.29. The summed E-state index contributed by atoms with van der Waals surface area (Å²) in [5.74, 6) is -1.20. The van der Waals surface area contributed by atoms with Crippen molar-refractivity contribution in [3.63, 3.8) is 0 Å². The van der Waals surface area contributed by atoms with Gasteiger partial charge in [-0.3, -0.25) is 4.79 Å². The molecule has 0 unspecified atom stereocenters. The van der Waals surface area contributed by atoms with E-state index in [0.717, 1.165) is 5.56 Å². The Bertz CT molecular complexity index is 1140. The smallest absolute Gasteiger partial charge is 0.267 e. The Balaban J connectivity index is 1.55. The van der Waals surface area contributed by atoms with Crippen LogP contribution >= 0.6 is 11.3 Å². The van der Waals surface area contributed by atoms with Crippen LogP contribution in [-0.2, 0) is 0 Å². The van der Waals surface area contributed by atoms with Gasteiger partial charge >= 0.3 is 0 Å². The molecule has 0 atom stereocenters. The molecule has 0 radical (unpaired) electrons. The van der Waals surface area contributed by atoms with Crippen LogP contribution in [0.5, 0.6) is 0 Å². The number of carbonyl (C=O) groups excluding carboxylic acids is 1. The summed E-state index contributed by atoms with van der Waals surface area (Å²) in [6, 6.07) is 10.3. The van der Waals surface area contributed by atoms with E-state index in [4.69, 9.17) is 0 Å². The van der Waals surface area contributed by atoms with E-state index < -0.39 is 5.82 Å². The third-order valence-electron chi connectivity index (χ3n) is 4.08. The van der Waals surface area contributed by atoms with E-state index in [-0.39, 0.29) is 11.7 Å². The highest BCUT2D eigenvalue weighted by molar-refractivity contribution is 7.17. The van der Waals surface area contributed by atoms with E-state index in [0.29, 0.717) is 27.0 Å². The van der Waals surface area contributed by atoms with E-state index in [1.54, 1.807) is 48.1 Å². The van der Waals surface area contributed by atoms with Crippen LogP contribution < -0.4 is 5.32 Å². The predicted molar refractivity (Wildman–Crippen MR) is 104 cm³/mol. The fourth-order valence-corrected chi connectivity index (χ4v) is 3.67. The summed E-state index contributed by atoms with van der Waals surface area (Å²) in [4.78, 5) is 21.3. The molecule has 8 heteroatoms. The molecule has 0 saturated heterocycles. The van der Waals surface area contributed by atoms with Crippen molar-refractivity contribution >= 4 is 22.9 Å². The van der Waals surface area contributed by atoms with Crippen LogP contribution in [0.15, 0.2) is 61.2 Å². The zero-order valence-corrected chi connectivity index (χ0v) is 15.5. The molecule has 2 aromatic heterocycles. The van der Waals surface area contributed by atoms with E-state index in [1.165, 1.54) is 35.9 Å². The second-order valence-corrected chi connectivity index (χ2v) is 7.03. The molecule has 0 fully saturated rings. The van der Waals surface area contributed by atoms with Crippen LogP contribution in [0, 0.1) is 18.6 Å². The number of rotatable bonds is 4. The molecule has 0 bridgehead atoms. The van der Waals surface area contributed by atoms with Gasteiger partial charge < -0.3 is 9.88 Å². The highest BCUT2D eigenvalue weighted by Gasteiger charge is 2.17. The van der Waals surface area contributed by atoms with E-state index in [2.05, 4.69) is 15.3 Å². The summed E-state index contributed by atoms with van der Waals surface area (Å²) >= 11 is 1.20.